The highest BCUT2D eigenvalue weighted by molar-refractivity contribution is 7.26. The van der Waals surface area contributed by atoms with Crippen LogP contribution in [0.15, 0.2) is 46.4 Å². The highest BCUT2D eigenvalue weighted by Gasteiger charge is 2.45. The first-order chi connectivity index (χ1) is 21.1. The normalized spacial score (nSPS) is 14.8. The Balaban J connectivity index is 1.28. The third-order valence-electron chi connectivity index (χ3n) is 7.89. The fourth-order valence-electron chi connectivity index (χ4n) is 5.70. The summed E-state index contributed by atoms with van der Waals surface area (Å²) < 4.78 is 0. The molecule has 0 bridgehead atoms. The Kier molecular flexibility index (Phi) is 6.27. The highest BCUT2D eigenvalue weighted by Crippen LogP contribution is 2.59. The summed E-state index contributed by atoms with van der Waals surface area (Å²) in [5, 5.41) is 30.2. The van der Waals surface area contributed by atoms with E-state index >= 15 is 0 Å². The predicted octanol–water partition coefficient (Wildman–Crippen LogP) is 9.26. The average molecular weight is 643 g/mol. The van der Waals surface area contributed by atoms with Crippen LogP contribution in [0.2, 0.25) is 0 Å². The van der Waals surface area contributed by atoms with Crippen molar-refractivity contribution in [2.24, 2.45) is 9.98 Å². The minimum Gasteiger partial charge on any atom is -0.351 e. The summed E-state index contributed by atoms with van der Waals surface area (Å²) in [7, 11) is 0. The predicted molar refractivity (Wildman–Crippen MR) is 177 cm³/mol. The number of thiophene rings is 2. The van der Waals surface area contributed by atoms with E-state index < -0.39 is 0 Å². The Morgan fingerprint density at radius 3 is 1.64 bits per heavy atom. The number of benzene rings is 1. The first kappa shape index (κ1) is 28.0. The molecule has 7 rings (SSSR count). The van der Waals surface area contributed by atoms with Gasteiger partial charge in [0.15, 0.2) is 0 Å². The standard InChI is InChI=1S/C32H18N8S4/c1-31(2)18-11-17-19(10-16(18)25-27(31)39-29(43-25)20-6-8-23(41-20)37-15(12-33)13-34)32(3,4)28-26(17)44-30(40-28)21-7-9-24(42-21)38-22(14-35)36-5/h6-11H,1-4H3. The molecule has 8 nitrogen and oxygen atoms in total. The van der Waals surface area contributed by atoms with Crippen molar-refractivity contribution in [3.63, 3.8) is 0 Å². The van der Waals surface area contributed by atoms with Crippen molar-refractivity contribution >= 4 is 66.9 Å². The van der Waals surface area contributed by atoms with Crippen LogP contribution in [0.5, 0.6) is 0 Å². The summed E-state index contributed by atoms with van der Waals surface area (Å²) in [4.78, 5) is 25.9. The maximum absolute atomic E-state index is 9.07. The monoisotopic (exact) mass is 642 g/mol. The molecule has 44 heavy (non-hydrogen) atoms. The van der Waals surface area contributed by atoms with E-state index in [0.717, 1.165) is 31.2 Å². The lowest BCUT2D eigenvalue weighted by atomic mass is 9.81. The molecule has 4 aromatic heterocycles. The van der Waals surface area contributed by atoms with Crippen LogP contribution in [0.3, 0.4) is 0 Å². The number of amidine groups is 1. The van der Waals surface area contributed by atoms with Crippen molar-refractivity contribution in [2.75, 3.05) is 0 Å². The third kappa shape index (κ3) is 4.08. The van der Waals surface area contributed by atoms with Crippen LogP contribution in [0, 0.1) is 40.6 Å². The summed E-state index contributed by atoms with van der Waals surface area (Å²) >= 11 is 6.18. The minimum atomic E-state index is -0.302. The molecule has 0 saturated carbocycles. The molecule has 0 saturated heterocycles. The van der Waals surface area contributed by atoms with Crippen LogP contribution in [-0.4, -0.2) is 21.5 Å². The van der Waals surface area contributed by atoms with Gasteiger partial charge in [0.05, 0.1) is 30.9 Å². The summed E-state index contributed by atoms with van der Waals surface area (Å²) in [5.74, 6) is -0.180. The fourth-order valence-corrected chi connectivity index (χ4v) is 10.1. The second-order valence-electron chi connectivity index (χ2n) is 11.2. The van der Waals surface area contributed by atoms with Crippen molar-refractivity contribution in [2.45, 2.75) is 38.5 Å². The lowest BCUT2D eigenvalue weighted by Crippen LogP contribution is -2.18. The van der Waals surface area contributed by atoms with Crippen molar-refractivity contribution in [1.82, 2.24) is 9.97 Å². The van der Waals surface area contributed by atoms with Gasteiger partial charge in [-0.05, 0) is 58.7 Å². The number of nitriles is 3. The number of nitrogens with zero attached hydrogens (tertiary/aromatic N) is 8. The Hall–Kier alpha value is -4.82. The summed E-state index contributed by atoms with van der Waals surface area (Å²) in [5.41, 5.74) is 6.24. The number of aliphatic imine (C=N–C) groups is 2. The fraction of sp³-hybridized carbons (Fsp3) is 0.188. The topological polar surface area (TPSA) is 126 Å². The van der Waals surface area contributed by atoms with Crippen LogP contribution in [0.25, 0.3) is 45.5 Å². The molecule has 5 aromatic rings. The van der Waals surface area contributed by atoms with Crippen molar-refractivity contribution in [3.8, 4) is 58.9 Å². The molecular formula is C32H18N8S4. The number of aromatic nitrogens is 2. The third-order valence-corrected chi connectivity index (χ3v) is 12.4. The smallest absolute Gasteiger partial charge is 0.350 e. The van der Waals surface area contributed by atoms with Gasteiger partial charge in [0.25, 0.3) is 0 Å². The van der Waals surface area contributed by atoms with E-state index in [4.69, 9.17) is 32.3 Å². The zero-order valence-electron chi connectivity index (χ0n) is 23.7. The molecule has 0 unspecified atom stereocenters. The van der Waals surface area contributed by atoms with Gasteiger partial charge in [-0.3, -0.25) is 0 Å². The van der Waals surface area contributed by atoms with Gasteiger partial charge in [0.2, 0.25) is 10.7 Å². The Morgan fingerprint density at radius 2 is 1.20 bits per heavy atom. The van der Waals surface area contributed by atoms with Crippen LogP contribution in [0.4, 0.5) is 10.0 Å². The second kappa shape index (κ2) is 9.86. The van der Waals surface area contributed by atoms with Gasteiger partial charge < -0.3 is 4.85 Å². The van der Waals surface area contributed by atoms with E-state index in [-0.39, 0.29) is 22.4 Å². The number of hydrogen-bond donors (Lipinski definition) is 0. The molecule has 0 aliphatic heterocycles. The summed E-state index contributed by atoms with van der Waals surface area (Å²) in [6, 6.07) is 17.6. The van der Waals surface area contributed by atoms with Gasteiger partial charge in [0.1, 0.15) is 33.2 Å². The van der Waals surface area contributed by atoms with Crippen LogP contribution in [0.1, 0.15) is 50.2 Å². The average Bonchev–Trinajstić information content (AvgIpc) is 3.84. The largest absolute Gasteiger partial charge is 0.351 e. The molecule has 12 heteroatoms. The van der Waals surface area contributed by atoms with E-state index in [2.05, 4.69) is 54.7 Å². The van der Waals surface area contributed by atoms with Crippen molar-refractivity contribution < 1.29 is 0 Å². The molecule has 0 amide bonds. The Morgan fingerprint density at radius 1 is 0.727 bits per heavy atom. The van der Waals surface area contributed by atoms with Crippen LogP contribution in [-0.2, 0) is 10.8 Å². The molecule has 0 fully saturated rings. The molecule has 0 radical (unpaired) electrons. The van der Waals surface area contributed by atoms with E-state index in [9.17, 15) is 0 Å². The molecule has 4 heterocycles. The maximum atomic E-state index is 9.07. The van der Waals surface area contributed by atoms with Crippen molar-refractivity contribution in [3.05, 3.63) is 70.3 Å². The van der Waals surface area contributed by atoms with Crippen molar-refractivity contribution in [1.29, 1.82) is 15.8 Å². The molecule has 0 spiro atoms. The molecule has 2 aliphatic rings. The van der Waals surface area contributed by atoms with Gasteiger partial charge in [-0.2, -0.15) is 10.5 Å². The zero-order chi connectivity index (χ0) is 31.0. The Bertz CT molecular complexity index is 2100. The van der Waals surface area contributed by atoms with Crippen LogP contribution < -0.4 is 0 Å². The Labute approximate surface area is 269 Å². The van der Waals surface area contributed by atoms with Gasteiger partial charge in [-0.15, -0.1) is 34.0 Å². The van der Waals surface area contributed by atoms with Gasteiger partial charge in [0, 0.05) is 10.8 Å². The number of rotatable bonds is 4. The van der Waals surface area contributed by atoms with E-state index in [0.29, 0.717) is 10.0 Å². The second-order valence-corrected chi connectivity index (χ2v) is 15.3. The number of thiazole rings is 2. The number of hydrogen-bond acceptors (Lipinski definition) is 11. The maximum Gasteiger partial charge on any atom is 0.350 e. The first-order valence-electron chi connectivity index (χ1n) is 13.3. The SMILES string of the molecule is [C-]#[N+]C(C#N)=Nc1ccc(-c2nc3c(s2)-c2cc4c(cc2C3(C)C)-c2sc(-c3ccc(N=C(C#N)C#N)s3)nc2C4(C)C)s1. The molecule has 0 N–H and O–H groups in total. The number of fused-ring (bicyclic) bond motifs is 6. The molecule has 210 valence electrons. The lowest BCUT2D eigenvalue weighted by Gasteiger charge is -2.23. The lowest BCUT2D eigenvalue weighted by molar-refractivity contribution is 0.633. The van der Waals surface area contributed by atoms with Crippen LogP contribution >= 0.6 is 45.3 Å². The quantitative estimate of drug-likeness (QED) is 0.110. The molecule has 1 aromatic carbocycles. The summed E-state index contributed by atoms with van der Waals surface area (Å²) in [6.07, 6.45) is 0. The molecular weight excluding hydrogens is 625 g/mol. The molecule has 0 atom stereocenters. The van der Waals surface area contributed by atoms with Gasteiger partial charge in [-0.1, -0.05) is 50.6 Å². The molecule has 2 aliphatic carbocycles. The zero-order valence-corrected chi connectivity index (χ0v) is 26.9. The highest BCUT2D eigenvalue weighted by atomic mass is 32.1. The van der Waals surface area contributed by atoms with E-state index in [1.54, 1.807) is 22.7 Å². The summed E-state index contributed by atoms with van der Waals surface area (Å²) in [6.45, 7) is 16.0. The first-order valence-corrected chi connectivity index (χ1v) is 16.5. The van der Waals surface area contributed by atoms with E-state index in [1.807, 2.05) is 42.5 Å². The minimum absolute atomic E-state index is 0.165. The van der Waals surface area contributed by atoms with E-state index in [1.165, 1.54) is 54.7 Å². The van der Waals surface area contributed by atoms with Gasteiger partial charge >= 0.3 is 5.84 Å². The van der Waals surface area contributed by atoms with Gasteiger partial charge in [-0.25, -0.2) is 20.2 Å².